The molecular weight excluding hydrogens is 474 g/mol. The Morgan fingerprint density at radius 2 is 1.85 bits per heavy atom. The summed E-state index contributed by atoms with van der Waals surface area (Å²) in [6.07, 6.45) is 6.04. The Labute approximate surface area is 205 Å². The molecule has 2 amide bonds. The van der Waals surface area contributed by atoms with Gasteiger partial charge in [0, 0.05) is 21.3 Å². The molecule has 0 atom stereocenters. The minimum absolute atomic E-state index is 0.333. The van der Waals surface area contributed by atoms with Crippen LogP contribution < -0.4 is 4.90 Å². The Kier molecular flexibility index (Phi) is 5.69. The van der Waals surface area contributed by atoms with Gasteiger partial charge in [-0.15, -0.1) is 11.3 Å². The summed E-state index contributed by atoms with van der Waals surface area (Å²) in [5.41, 5.74) is 5.27. The SMILES string of the molecule is Cc1cc(/C=C2/SC(=O)N(c3ccc(Cl)cc3)C2=O)c(C)n1-c1sc2c(c1C#N)CCCC2. The Morgan fingerprint density at radius 1 is 1.12 bits per heavy atom. The van der Waals surface area contributed by atoms with Gasteiger partial charge in [0.1, 0.15) is 11.1 Å². The summed E-state index contributed by atoms with van der Waals surface area (Å²) >= 11 is 8.57. The maximum atomic E-state index is 13.0. The van der Waals surface area contributed by atoms with Crippen LogP contribution in [-0.4, -0.2) is 15.7 Å². The summed E-state index contributed by atoms with van der Waals surface area (Å²) < 4.78 is 2.11. The molecule has 8 heteroatoms. The molecule has 2 aliphatic rings. The lowest BCUT2D eigenvalue weighted by Crippen LogP contribution is -2.27. The zero-order chi connectivity index (χ0) is 23.3. The van der Waals surface area contributed by atoms with E-state index in [9.17, 15) is 14.9 Å². The highest BCUT2D eigenvalue weighted by Gasteiger charge is 2.36. The Morgan fingerprint density at radius 3 is 2.58 bits per heavy atom. The number of nitrogens with zero attached hydrogens (tertiary/aromatic N) is 3. The van der Waals surface area contributed by atoms with Crippen molar-refractivity contribution in [2.75, 3.05) is 4.90 Å². The third kappa shape index (κ3) is 3.72. The average Bonchev–Trinajstić information content (AvgIpc) is 3.39. The van der Waals surface area contributed by atoms with Gasteiger partial charge in [-0.25, -0.2) is 4.90 Å². The molecule has 1 aromatic carbocycles. The molecule has 1 aliphatic heterocycles. The normalized spacial score (nSPS) is 17.0. The maximum absolute atomic E-state index is 13.0. The van der Waals surface area contributed by atoms with Crippen molar-refractivity contribution in [2.45, 2.75) is 39.5 Å². The fraction of sp³-hybridized carbons (Fsp3) is 0.240. The number of hydrogen-bond donors (Lipinski definition) is 0. The largest absolute Gasteiger partial charge is 0.308 e. The summed E-state index contributed by atoms with van der Waals surface area (Å²) in [5.74, 6) is -0.346. The topological polar surface area (TPSA) is 66.1 Å². The number of anilines is 1. The van der Waals surface area contributed by atoms with Gasteiger partial charge < -0.3 is 4.57 Å². The number of rotatable bonds is 3. The lowest BCUT2D eigenvalue weighted by atomic mass is 9.96. The van der Waals surface area contributed by atoms with Crippen molar-refractivity contribution in [2.24, 2.45) is 0 Å². The molecule has 3 aromatic rings. The van der Waals surface area contributed by atoms with Gasteiger partial charge in [0.2, 0.25) is 0 Å². The average molecular weight is 494 g/mol. The van der Waals surface area contributed by atoms with Crippen molar-refractivity contribution in [1.29, 1.82) is 5.26 Å². The molecular formula is C25H20ClN3O2S2. The van der Waals surface area contributed by atoms with E-state index in [1.165, 1.54) is 15.3 Å². The second-order valence-corrected chi connectivity index (χ2v) is 10.7. The molecule has 2 aromatic heterocycles. The Bertz CT molecular complexity index is 1380. The number of aryl methyl sites for hydroxylation is 2. The summed E-state index contributed by atoms with van der Waals surface area (Å²) in [6.45, 7) is 3.99. The van der Waals surface area contributed by atoms with Gasteiger partial charge in [-0.05, 0) is 98.8 Å². The second-order valence-electron chi connectivity index (χ2n) is 8.16. The molecule has 0 unspecified atom stereocenters. The Balaban J connectivity index is 1.53. The van der Waals surface area contributed by atoms with Crippen LogP contribution in [0.5, 0.6) is 0 Å². The predicted octanol–water partition coefficient (Wildman–Crippen LogP) is 6.80. The molecule has 5 nitrogen and oxygen atoms in total. The first kappa shape index (κ1) is 22.0. The number of imide groups is 1. The minimum atomic E-state index is -0.346. The number of thiophene rings is 1. The third-order valence-electron chi connectivity index (χ3n) is 6.10. The molecule has 5 rings (SSSR count). The van der Waals surface area contributed by atoms with Crippen LogP contribution in [0, 0.1) is 25.2 Å². The van der Waals surface area contributed by atoms with E-state index in [4.69, 9.17) is 11.6 Å². The molecule has 33 heavy (non-hydrogen) atoms. The molecule has 166 valence electrons. The molecule has 0 saturated carbocycles. The van der Waals surface area contributed by atoms with Gasteiger partial charge in [-0.1, -0.05) is 11.6 Å². The van der Waals surface area contributed by atoms with Crippen LogP contribution in [0.2, 0.25) is 5.02 Å². The van der Waals surface area contributed by atoms with Crippen molar-refractivity contribution < 1.29 is 9.59 Å². The van der Waals surface area contributed by atoms with Gasteiger partial charge in [0.25, 0.3) is 11.1 Å². The van der Waals surface area contributed by atoms with Crippen LogP contribution in [-0.2, 0) is 17.6 Å². The molecule has 0 bridgehead atoms. The fourth-order valence-corrected chi connectivity index (χ4v) is 6.90. The fourth-order valence-electron chi connectivity index (χ4n) is 4.49. The summed E-state index contributed by atoms with van der Waals surface area (Å²) in [6, 6.07) is 11.1. The number of benzene rings is 1. The number of aromatic nitrogens is 1. The molecule has 1 saturated heterocycles. The third-order valence-corrected chi connectivity index (χ3v) is 8.50. The number of carbonyl (C=O) groups excluding carboxylic acids is 2. The Hall–Kier alpha value is -2.79. The first-order valence-electron chi connectivity index (χ1n) is 10.7. The van der Waals surface area contributed by atoms with Gasteiger partial charge in [0.15, 0.2) is 0 Å². The van der Waals surface area contributed by atoms with Crippen LogP contribution in [0.1, 0.15) is 45.8 Å². The zero-order valence-corrected chi connectivity index (χ0v) is 20.5. The van der Waals surface area contributed by atoms with Crippen molar-refractivity contribution in [3.05, 3.63) is 73.2 Å². The number of nitriles is 1. The number of carbonyl (C=O) groups is 2. The van der Waals surface area contributed by atoms with Crippen molar-refractivity contribution >= 4 is 57.6 Å². The van der Waals surface area contributed by atoms with Crippen LogP contribution >= 0.6 is 34.7 Å². The second kappa shape index (κ2) is 8.53. The van der Waals surface area contributed by atoms with Gasteiger partial charge >= 0.3 is 0 Å². The first-order valence-corrected chi connectivity index (χ1v) is 12.7. The highest BCUT2D eigenvalue weighted by molar-refractivity contribution is 8.19. The molecule has 3 heterocycles. The quantitative estimate of drug-likeness (QED) is 0.376. The summed E-state index contributed by atoms with van der Waals surface area (Å²) in [4.78, 5) is 28.5. The molecule has 1 fully saturated rings. The summed E-state index contributed by atoms with van der Waals surface area (Å²) in [5, 5.41) is 11.1. The standard InChI is InChI=1S/C25H20ClN3O2S2/c1-14-11-16(12-22-23(30)29(25(31)33-22)18-9-7-17(26)8-10-18)15(2)28(14)24-20(13-27)19-5-3-4-6-21(19)32-24/h7-12H,3-6H2,1-2H3/b22-12+. The first-order chi connectivity index (χ1) is 15.9. The van der Waals surface area contributed by atoms with Crippen LogP contribution in [0.25, 0.3) is 11.1 Å². The van der Waals surface area contributed by atoms with E-state index in [0.717, 1.165) is 65.0 Å². The molecule has 0 N–H and O–H groups in total. The van der Waals surface area contributed by atoms with Gasteiger partial charge in [0.05, 0.1) is 16.2 Å². The van der Waals surface area contributed by atoms with E-state index >= 15 is 0 Å². The number of thioether (sulfide) groups is 1. The van der Waals surface area contributed by atoms with Crippen LogP contribution in [0.15, 0.2) is 35.2 Å². The number of hydrogen-bond acceptors (Lipinski definition) is 5. The van der Waals surface area contributed by atoms with Crippen LogP contribution in [0.4, 0.5) is 10.5 Å². The van der Waals surface area contributed by atoms with Gasteiger partial charge in [-0.3, -0.25) is 9.59 Å². The van der Waals surface area contributed by atoms with E-state index in [0.29, 0.717) is 15.6 Å². The lowest BCUT2D eigenvalue weighted by molar-refractivity contribution is -0.113. The van der Waals surface area contributed by atoms with E-state index in [2.05, 4.69) is 10.6 Å². The number of halogens is 1. The van der Waals surface area contributed by atoms with E-state index in [1.54, 1.807) is 41.7 Å². The molecule has 0 spiro atoms. The smallest absolute Gasteiger partial charge is 0.298 e. The maximum Gasteiger partial charge on any atom is 0.298 e. The van der Waals surface area contributed by atoms with Crippen molar-refractivity contribution in [1.82, 2.24) is 4.57 Å². The van der Waals surface area contributed by atoms with E-state index in [-0.39, 0.29) is 11.1 Å². The number of fused-ring (bicyclic) bond motifs is 1. The predicted molar refractivity (Wildman–Crippen MR) is 134 cm³/mol. The number of amides is 2. The zero-order valence-electron chi connectivity index (χ0n) is 18.1. The molecule has 1 aliphatic carbocycles. The highest BCUT2D eigenvalue weighted by atomic mass is 35.5. The highest BCUT2D eigenvalue weighted by Crippen LogP contribution is 2.40. The van der Waals surface area contributed by atoms with Gasteiger partial charge in [-0.2, -0.15) is 5.26 Å². The van der Waals surface area contributed by atoms with Crippen molar-refractivity contribution in [3.63, 3.8) is 0 Å². The van der Waals surface area contributed by atoms with E-state index < -0.39 is 0 Å². The molecule has 0 radical (unpaired) electrons. The monoisotopic (exact) mass is 493 g/mol. The summed E-state index contributed by atoms with van der Waals surface area (Å²) in [7, 11) is 0. The lowest BCUT2D eigenvalue weighted by Gasteiger charge is -2.12. The van der Waals surface area contributed by atoms with Crippen molar-refractivity contribution in [3.8, 4) is 11.1 Å². The van der Waals surface area contributed by atoms with Crippen LogP contribution in [0.3, 0.4) is 0 Å². The van der Waals surface area contributed by atoms with E-state index in [1.807, 2.05) is 19.9 Å². The minimum Gasteiger partial charge on any atom is -0.308 e.